The molecule has 0 aliphatic rings. The number of benzene rings is 2. The highest BCUT2D eigenvalue weighted by atomic mass is 35.5. The number of thiazole rings is 1. The molecule has 0 unspecified atom stereocenters. The molecule has 1 aromatic heterocycles. The van der Waals surface area contributed by atoms with E-state index in [4.69, 9.17) is 16.3 Å². The number of hydrogen-bond donors (Lipinski definition) is 1. The number of aromatic nitrogens is 1. The number of rotatable bonds is 6. The SMILES string of the molecule is Fc1cc(F)cc(COCNc2nc(-c3ccc(Cl)cc3)cs2)c1. The van der Waals surface area contributed by atoms with Crippen LogP contribution in [-0.2, 0) is 11.3 Å². The van der Waals surface area contributed by atoms with E-state index < -0.39 is 11.6 Å². The molecule has 1 N–H and O–H groups in total. The molecule has 2 aromatic carbocycles. The Morgan fingerprint density at radius 3 is 2.50 bits per heavy atom. The zero-order valence-electron chi connectivity index (χ0n) is 12.4. The zero-order valence-corrected chi connectivity index (χ0v) is 14.0. The molecular formula is C17H13ClF2N2OS. The zero-order chi connectivity index (χ0) is 16.9. The first-order valence-corrected chi connectivity index (χ1v) is 8.34. The summed E-state index contributed by atoms with van der Waals surface area (Å²) in [5, 5.41) is 6.32. The lowest BCUT2D eigenvalue weighted by Gasteiger charge is -2.05. The Kier molecular flexibility index (Phi) is 5.40. The number of halogens is 3. The molecule has 0 bridgehead atoms. The van der Waals surface area contributed by atoms with Crippen molar-refractivity contribution in [2.75, 3.05) is 12.0 Å². The van der Waals surface area contributed by atoms with Crippen LogP contribution in [0.4, 0.5) is 13.9 Å². The van der Waals surface area contributed by atoms with Crippen molar-refractivity contribution in [3.8, 4) is 11.3 Å². The third kappa shape index (κ3) is 4.50. The smallest absolute Gasteiger partial charge is 0.185 e. The molecule has 1 heterocycles. The van der Waals surface area contributed by atoms with E-state index in [2.05, 4.69) is 10.3 Å². The van der Waals surface area contributed by atoms with Crippen LogP contribution in [0.1, 0.15) is 5.56 Å². The van der Waals surface area contributed by atoms with Crippen molar-refractivity contribution in [2.45, 2.75) is 6.61 Å². The Balaban J connectivity index is 1.51. The average molecular weight is 367 g/mol. The Morgan fingerprint density at radius 1 is 1.08 bits per heavy atom. The molecule has 0 amide bonds. The Labute approximate surface area is 146 Å². The maximum absolute atomic E-state index is 13.1. The Hall–Kier alpha value is -2.02. The van der Waals surface area contributed by atoms with Crippen LogP contribution in [0.2, 0.25) is 5.02 Å². The van der Waals surface area contributed by atoms with Gasteiger partial charge in [0.15, 0.2) is 5.13 Å². The molecule has 0 atom stereocenters. The molecular weight excluding hydrogens is 354 g/mol. The van der Waals surface area contributed by atoms with Crippen molar-refractivity contribution in [1.82, 2.24) is 4.98 Å². The second kappa shape index (κ2) is 7.70. The molecule has 0 saturated heterocycles. The summed E-state index contributed by atoms with van der Waals surface area (Å²) in [5.41, 5.74) is 2.25. The number of ether oxygens (including phenoxy) is 1. The molecule has 0 aliphatic carbocycles. The van der Waals surface area contributed by atoms with E-state index >= 15 is 0 Å². The van der Waals surface area contributed by atoms with E-state index in [1.807, 2.05) is 29.6 Å². The standard InChI is InChI=1S/C17H13ClF2N2OS/c18-13-3-1-12(2-4-13)16-9-24-17(22-16)21-10-23-8-11-5-14(19)7-15(20)6-11/h1-7,9H,8,10H2,(H,21,22). The summed E-state index contributed by atoms with van der Waals surface area (Å²) in [4.78, 5) is 4.45. The first kappa shape index (κ1) is 16.8. The van der Waals surface area contributed by atoms with Gasteiger partial charge in [0.25, 0.3) is 0 Å². The van der Waals surface area contributed by atoms with E-state index in [1.54, 1.807) is 0 Å². The van der Waals surface area contributed by atoms with Gasteiger partial charge in [0, 0.05) is 22.0 Å². The van der Waals surface area contributed by atoms with E-state index in [0.29, 0.717) is 15.7 Å². The van der Waals surface area contributed by atoms with Crippen LogP contribution in [-0.4, -0.2) is 11.7 Å². The number of nitrogens with one attached hydrogen (secondary N) is 1. The second-order valence-electron chi connectivity index (χ2n) is 4.99. The number of anilines is 1. The molecule has 0 saturated carbocycles. The molecule has 24 heavy (non-hydrogen) atoms. The fourth-order valence-electron chi connectivity index (χ4n) is 2.08. The molecule has 124 valence electrons. The fraction of sp³-hybridized carbons (Fsp3) is 0.118. The van der Waals surface area contributed by atoms with Crippen LogP contribution in [0.25, 0.3) is 11.3 Å². The van der Waals surface area contributed by atoms with Crippen LogP contribution in [0.5, 0.6) is 0 Å². The maximum Gasteiger partial charge on any atom is 0.185 e. The summed E-state index contributed by atoms with van der Waals surface area (Å²) in [7, 11) is 0. The van der Waals surface area contributed by atoms with Crippen molar-refractivity contribution in [1.29, 1.82) is 0 Å². The van der Waals surface area contributed by atoms with Gasteiger partial charge in [-0.2, -0.15) is 0 Å². The van der Waals surface area contributed by atoms with Crippen LogP contribution in [0.15, 0.2) is 47.8 Å². The van der Waals surface area contributed by atoms with Crippen LogP contribution < -0.4 is 5.32 Å². The van der Waals surface area contributed by atoms with Gasteiger partial charge in [-0.25, -0.2) is 13.8 Å². The Morgan fingerprint density at radius 2 is 1.79 bits per heavy atom. The molecule has 0 radical (unpaired) electrons. The maximum atomic E-state index is 13.1. The largest absolute Gasteiger partial charge is 0.357 e. The normalized spacial score (nSPS) is 10.8. The van der Waals surface area contributed by atoms with E-state index in [9.17, 15) is 8.78 Å². The van der Waals surface area contributed by atoms with Crippen molar-refractivity contribution < 1.29 is 13.5 Å². The highest BCUT2D eigenvalue weighted by Crippen LogP contribution is 2.25. The Bertz CT molecular complexity index is 803. The highest BCUT2D eigenvalue weighted by Gasteiger charge is 2.05. The molecule has 0 aliphatic heterocycles. The van der Waals surface area contributed by atoms with Gasteiger partial charge in [-0.15, -0.1) is 11.3 Å². The lowest BCUT2D eigenvalue weighted by Crippen LogP contribution is -2.06. The summed E-state index contributed by atoms with van der Waals surface area (Å²) in [6, 6.07) is 10.7. The first-order chi connectivity index (χ1) is 11.6. The van der Waals surface area contributed by atoms with Crippen molar-refractivity contribution in [3.05, 3.63) is 70.1 Å². The summed E-state index contributed by atoms with van der Waals surface area (Å²) in [6.07, 6.45) is 0. The molecule has 0 fully saturated rings. The monoisotopic (exact) mass is 366 g/mol. The van der Waals surface area contributed by atoms with Crippen molar-refractivity contribution >= 4 is 28.1 Å². The van der Waals surface area contributed by atoms with Crippen molar-refractivity contribution in [2.24, 2.45) is 0 Å². The predicted molar refractivity (Wildman–Crippen MR) is 92.2 cm³/mol. The third-order valence-corrected chi connectivity index (χ3v) is 4.21. The summed E-state index contributed by atoms with van der Waals surface area (Å²) >= 11 is 7.31. The predicted octanol–water partition coefficient (Wildman–Crippen LogP) is 5.33. The minimum absolute atomic E-state index is 0.108. The fourth-order valence-corrected chi connectivity index (χ4v) is 2.92. The summed E-state index contributed by atoms with van der Waals surface area (Å²) in [6.45, 7) is 0.294. The molecule has 0 spiro atoms. The summed E-state index contributed by atoms with van der Waals surface area (Å²) < 4.78 is 31.5. The molecule has 3 nitrogen and oxygen atoms in total. The van der Waals surface area contributed by atoms with Crippen LogP contribution in [0.3, 0.4) is 0 Å². The van der Waals surface area contributed by atoms with Gasteiger partial charge in [0.1, 0.15) is 18.4 Å². The van der Waals surface area contributed by atoms with Gasteiger partial charge in [0.2, 0.25) is 0 Å². The quantitative estimate of drug-likeness (QED) is 0.473. The molecule has 7 heteroatoms. The number of nitrogens with zero attached hydrogens (tertiary/aromatic N) is 1. The number of hydrogen-bond acceptors (Lipinski definition) is 4. The average Bonchev–Trinajstić information content (AvgIpc) is 3.00. The third-order valence-electron chi connectivity index (χ3n) is 3.16. The minimum atomic E-state index is -0.617. The van der Waals surface area contributed by atoms with Gasteiger partial charge >= 0.3 is 0 Å². The lowest BCUT2D eigenvalue weighted by atomic mass is 10.2. The van der Waals surface area contributed by atoms with E-state index in [1.165, 1.54) is 23.5 Å². The van der Waals surface area contributed by atoms with Gasteiger partial charge in [0.05, 0.1) is 12.3 Å². The van der Waals surface area contributed by atoms with Gasteiger partial charge in [-0.1, -0.05) is 23.7 Å². The first-order valence-electron chi connectivity index (χ1n) is 7.08. The minimum Gasteiger partial charge on any atom is -0.357 e. The molecule has 3 aromatic rings. The van der Waals surface area contributed by atoms with Crippen molar-refractivity contribution in [3.63, 3.8) is 0 Å². The van der Waals surface area contributed by atoms with E-state index in [-0.39, 0.29) is 13.3 Å². The van der Waals surface area contributed by atoms with Gasteiger partial charge in [-0.3, -0.25) is 0 Å². The molecule has 3 rings (SSSR count). The van der Waals surface area contributed by atoms with Gasteiger partial charge < -0.3 is 10.1 Å². The topological polar surface area (TPSA) is 34.1 Å². The highest BCUT2D eigenvalue weighted by molar-refractivity contribution is 7.14. The lowest BCUT2D eigenvalue weighted by molar-refractivity contribution is 0.138. The van der Waals surface area contributed by atoms with Gasteiger partial charge in [-0.05, 0) is 29.8 Å². The van der Waals surface area contributed by atoms with Crippen LogP contribution in [0, 0.1) is 11.6 Å². The van der Waals surface area contributed by atoms with E-state index in [0.717, 1.165) is 17.3 Å². The summed E-state index contributed by atoms with van der Waals surface area (Å²) in [5.74, 6) is -1.23. The van der Waals surface area contributed by atoms with Crippen LogP contribution >= 0.6 is 22.9 Å². The second-order valence-corrected chi connectivity index (χ2v) is 6.29.